The largest absolute Gasteiger partial charge is 0.494 e. The molecule has 0 aliphatic carbocycles. The van der Waals surface area contributed by atoms with Crippen LogP contribution in [-0.4, -0.2) is 43.4 Å². The molecule has 1 N–H and O–H groups in total. The van der Waals surface area contributed by atoms with Crippen LogP contribution in [0.1, 0.15) is 23.9 Å². The fourth-order valence-electron chi connectivity index (χ4n) is 4.30. The number of aromatic nitrogens is 1. The zero-order chi connectivity index (χ0) is 24.8. The number of hydrogen-bond acceptors (Lipinski definition) is 5. The number of nitriles is 1. The summed E-state index contributed by atoms with van der Waals surface area (Å²) in [6, 6.07) is 19.6. The number of carbonyl (C=O) groups is 1. The van der Waals surface area contributed by atoms with Gasteiger partial charge in [0.1, 0.15) is 17.4 Å². The van der Waals surface area contributed by atoms with E-state index in [9.17, 15) is 10.1 Å². The van der Waals surface area contributed by atoms with Crippen LogP contribution in [0.4, 0.5) is 11.4 Å². The monoisotopic (exact) mass is 470 g/mol. The molecule has 4 rings (SSSR count). The van der Waals surface area contributed by atoms with Gasteiger partial charge >= 0.3 is 0 Å². The van der Waals surface area contributed by atoms with Crippen molar-refractivity contribution in [2.75, 3.05) is 43.1 Å². The number of nitrogens with zero attached hydrogens (tertiary/aromatic N) is 3. The molecule has 1 aliphatic rings. The van der Waals surface area contributed by atoms with Crippen molar-refractivity contribution in [2.24, 2.45) is 0 Å². The summed E-state index contributed by atoms with van der Waals surface area (Å²) < 4.78 is 13.1. The first-order valence-electron chi connectivity index (χ1n) is 11.8. The summed E-state index contributed by atoms with van der Waals surface area (Å²) in [6.45, 7) is 9.73. The molecule has 3 aromatic rings. The van der Waals surface area contributed by atoms with Crippen molar-refractivity contribution < 1.29 is 14.3 Å². The summed E-state index contributed by atoms with van der Waals surface area (Å²) in [6.07, 6.45) is 1.64. The van der Waals surface area contributed by atoms with E-state index in [2.05, 4.69) is 39.0 Å². The first-order chi connectivity index (χ1) is 17.0. The van der Waals surface area contributed by atoms with Crippen molar-refractivity contribution in [3.8, 4) is 17.5 Å². The van der Waals surface area contributed by atoms with E-state index in [1.165, 1.54) is 5.69 Å². The molecule has 1 aliphatic heterocycles. The lowest BCUT2D eigenvalue weighted by Crippen LogP contribution is -2.36. The number of hydrogen-bond donors (Lipinski definition) is 1. The number of benzene rings is 2. The zero-order valence-electron chi connectivity index (χ0n) is 20.4. The van der Waals surface area contributed by atoms with Gasteiger partial charge in [0.2, 0.25) is 0 Å². The van der Waals surface area contributed by atoms with E-state index < -0.39 is 5.91 Å². The van der Waals surface area contributed by atoms with Gasteiger partial charge in [0, 0.05) is 47.6 Å². The maximum absolute atomic E-state index is 12.8. The standard InChI is InChI=1S/C28H30N4O3/c1-4-35-27-7-5-6-24(18-27)30-28(33)23(19-29)17-22-16-20(2)32(21(22)3)26-10-8-25(9-11-26)31-12-14-34-15-13-31/h5-11,16-18H,4,12-15H2,1-3H3,(H,30,33). The minimum atomic E-state index is -0.458. The second-order valence-corrected chi connectivity index (χ2v) is 8.36. The molecule has 7 nitrogen and oxygen atoms in total. The average molecular weight is 471 g/mol. The molecule has 0 radical (unpaired) electrons. The van der Waals surface area contributed by atoms with Gasteiger partial charge in [0.05, 0.1) is 19.8 Å². The molecular weight excluding hydrogens is 440 g/mol. The Bertz CT molecular complexity index is 1260. The van der Waals surface area contributed by atoms with Gasteiger partial charge in [-0.15, -0.1) is 0 Å². The van der Waals surface area contributed by atoms with Gasteiger partial charge in [0.25, 0.3) is 5.91 Å². The number of aryl methyl sites for hydroxylation is 1. The molecule has 0 saturated carbocycles. The van der Waals surface area contributed by atoms with E-state index in [1.54, 1.807) is 24.3 Å². The molecule has 1 saturated heterocycles. The number of amides is 1. The number of rotatable bonds is 7. The Morgan fingerprint density at radius 3 is 2.51 bits per heavy atom. The molecule has 1 fully saturated rings. The van der Waals surface area contributed by atoms with Crippen molar-refractivity contribution in [3.05, 3.63) is 77.1 Å². The van der Waals surface area contributed by atoms with E-state index in [-0.39, 0.29) is 5.57 Å². The zero-order valence-corrected chi connectivity index (χ0v) is 20.4. The number of ether oxygens (including phenoxy) is 2. The molecule has 7 heteroatoms. The van der Waals surface area contributed by atoms with Gasteiger partial charge in [-0.1, -0.05) is 6.07 Å². The third kappa shape index (κ3) is 5.56. The molecule has 35 heavy (non-hydrogen) atoms. The maximum atomic E-state index is 12.8. The summed E-state index contributed by atoms with van der Waals surface area (Å²) >= 11 is 0. The van der Waals surface area contributed by atoms with Gasteiger partial charge in [-0.2, -0.15) is 5.26 Å². The van der Waals surface area contributed by atoms with Gasteiger partial charge < -0.3 is 24.3 Å². The van der Waals surface area contributed by atoms with Crippen LogP contribution in [0.2, 0.25) is 0 Å². The quantitative estimate of drug-likeness (QED) is 0.393. The van der Waals surface area contributed by atoms with Gasteiger partial charge in [-0.25, -0.2) is 0 Å². The Balaban J connectivity index is 1.55. The van der Waals surface area contributed by atoms with Crippen molar-refractivity contribution >= 4 is 23.4 Å². The Morgan fingerprint density at radius 1 is 1.11 bits per heavy atom. The lowest BCUT2D eigenvalue weighted by Gasteiger charge is -2.29. The highest BCUT2D eigenvalue weighted by Crippen LogP contribution is 2.26. The van der Waals surface area contributed by atoms with Gasteiger partial charge in [-0.3, -0.25) is 4.79 Å². The number of carbonyl (C=O) groups excluding carboxylic acids is 1. The smallest absolute Gasteiger partial charge is 0.266 e. The molecule has 1 amide bonds. The highest BCUT2D eigenvalue weighted by Gasteiger charge is 2.15. The number of anilines is 2. The second kappa shape index (κ2) is 10.9. The molecule has 2 aromatic carbocycles. The van der Waals surface area contributed by atoms with E-state index >= 15 is 0 Å². The fourth-order valence-corrected chi connectivity index (χ4v) is 4.30. The third-order valence-electron chi connectivity index (χ3n) is 6.02. The van der Waals surface area contributed by atoms with Gasteiger partial charge in [-0.05, 0) is 74.9 Å². The van der Waals surface area contributed by atoms with Crippen LogP contribution >= 0.6 is 0 Å². The second-order valence-electron chi connectivity index (χ2n) is 8.36. The molecule has 2 heterocycles. The van der Waals surface area contributed by atoms with Crippen LogP contribution in [0.5, 0.6) is 5.75 Å². The van der Waals surface area contributed by atoms with Crippen molar-refractivity contribution in [2.45, 2.75) is 20.8 Å². The van der Waals surface area contributed by atoms with Crippen molar-refractivity contribution in [1.29, 1.82) is 5.26 Å². The molecule has 1 aromatic heterocycles. The van der Waals surface area contributed by atoms with Gasteiger partial charge in [0.15, 0.2) is 0 Å². The normalized spacial score (nSPS) is 13.9. The minimum absolute atomic E-state index is 0.0368. The Kier molecular flexibility index (Phi) is 7.54. The predicted molar refractivity (Wildman–Crippen MR) is 138 cm³/mol. The topological polar surface area (TPSA) is 79.5 Å². The van der Waals surface area contributed by atoms with E-state index in [0.29, 0.717) is 18.0 Å². The lowest BCUT2D eigenvalue weighted by atomic mass is 10.1. The summed E-state index contributed by atoms with van der Waals surface area (Å²) in [7, 11) is 0. The molecule has 0 atom stereocenters. The fraction of sp³-hybridized carbons (Fsp3) is 0.286. The van der Waals surface area contributed by atoms with Crippen molar-refractivity contribution in [1.82, 2.24) is 4.57 Å². The minimum Gasteiger partial charge on any atom is -0.494 e. The Hall–Kier alpha value is -4.02. The highest BCUT2D eigenvalue weighted by molar-refractivity contribution is 6.09. The molecule has 0 spiro atoms. The Labute approximate surface area is 206 Å². The number of nitrogens with one attached hydrogen (secondary N) is 1. The molecule has 0 bridgehead atoms. The average Bonchev–Trinajstić information content (AvgIpc) is 3.16. The van der Waals surface area contributed by atoms with Crippen LogP contribution in [0.15, 0.2) is 60.2 Å². The van der Waals surface area contributed by atoms with E-state index in [0.717, 1.165) is 48.9 Å². The molecular formula is C28H30N4O3. The van der Waals surface area contributed by atoms with Crippen LogP contribution in [-0.2, 0) is 9.53 Å². The first kappa shape index (κ1) is 24.1. The molecule has 0 unspecified atom stereocenters. The predicted octanol–water partition coefficient (Wildman–Crippen LogP) is 4.88. The summed E-state index contributed by atoms with van der Waals surface area (Å²) in [5, 5.41) is 12.5. The van der Waals surface area contributed by atoms with Crippen LogP contribution < -0.4 is 15.0 Å². The summed E-state index contributed by atoms with van der Waals surface area (Å²) in [5.74, 6) is 0.205. The maximum Gasteiger partial charge on any atom is 0.266 e. The summed E-state index contributed by atoms with van der Waals surface area (Å²) in [5.41, 5.74) is 5.64. The first-order valence-corrected chi connectivity index (χ1v) is 11.8. The van der Waals surface area contributed by atoms with Crippen LogP contribution in [0.25, 0.3) is 11.8 Å². The van der Waals surface area contributed by atoms with Crippen LogP contribution in [0, 0.1) is 25.2 Å². The molecule has 180 valence electrons. The lowest BCUT2D eigenvalue weighted by molar-refractivity contribution is -0.112. The van der Waals surface area contributed by atoms with Crippen molar-refractivity contribution in [3.63, 3.8) is 0 Å². The highest BCUT2D eigenvalue weighted by atomic mass is 16.5. The van der Waals surface area contributed by atoms with E-state index in [1.807, 2.05) is 39.0 Å². The van der Waals surface area contributed by atoms with E-state index in [4.69, 9.17) is 9.47 Å². The third-order valence-corrected chi connectivity index (χ3v) is 6.02. The summed E-state index contributed by atoms with van der Waals surface area (Å²) in [4.78, 5) is 15.1. The van der Waals surface area contributed by atoms with Crippen LogP contribution in [0.3, 0.4) is 0 Å². The Morgan fingerprint density at radius 2 is 1.83 bits per heavy atom. The number of morpholine rings is 1. The SMILES string of the molecule is CCOc1cccc(NC(=O)C(C#N)=Cc2cc(C)n(-c3ccc(N4CCOCC4)cc3)c2C)c1.